The molecule has 0 aliphatic carbocycles. The maximum atomic E-state index is 5.88. The lowest BCUT2D eigenvalue weighted by atomic mass is 10.2. The Balaban J connectivity index is 2.11. The predicted molar refractivity (Wildman–Crippen MR) is 77.0 cm³/mol. The van der Waals surface area contributed by atoms with Crippen molar-refractivity contribution >= 4 is 22.6 Å². The molecule has 0 spiro atoms. The monoisotopic (exact) mass is 290 g/mol. The van der Waals surface area contributed by atoms with Crippen LogP contribution in [-0.4, -0.2) is 25.6 Å². The Labute approximate surface area is 121 Å². The summed E-state index contributed by atoms with van der Waals surface area (Å²) in [4.78, 5) is 8.95. The SMILES string of the molecule is Cc1nc(Cn2c(CCCl)nc3c(C)cccc32)no1. The molecule has 0 bridgehead atoms. The molecule has 1 aromatic carbocycles. The Morgan fingerprint density at radius 1 is 1.25 bits per heavy atom. The Morgan fingerprint density at radius 2 is 2.10 bits per heavy atom. The molecule has 3 aromatic rings. The van der Waals surface area contributed by atoms with Gasteiger partial charge in [0.15, 0.2) is 5.82 Å². The van der Waals surface area contributed by atoms with E-state index in [2.05, 4.69) is 33.8 Å². The summed E-state index contributed by atoms with van der Waals surface area (Å²) in [7, 11) is 0. The van der Waals surface area contributed by atoms with Gasteiger partial charge in [0.1, 0.15) is 5.82 Å². The minimum absolute atomic E-state index is 0.535. The number of hydrogen-bond donors (Lipinski definition) is 0. The quantitative estimate of drug-likeness (QED) is 0.693. The summed E-state index contributed by atoms with van der Waals surface area (Å²) in [5.74, 6) is 2.71. The average Bonchev–Trinajstić information content (AvgIpc) is 2.97. The number of aromatic nitrogens is 4. The summed E-state index contributed by atoms with van der Waals surface area (Å²) in [6, 6.07) is 6.14. The standard InChI is InChI=1S/C14H15ClN4O/c1-9-4-3-5-11-14(9)17-13(6-7-15)19(11)8-12-16-10(2)20-18-12/h3-5H,6-8H2,1-2H3. The largest absolute Gasteiger partial charge is 0.340 e. The lowest BCUT2D eigenvalue weighted by molar-refractivity contribution is 0.386. The number of hydrogen-bond acceptors (Lipinski definition) is 4. The number of fused-ring (bicyclic) bond motifs is 1. The molecule has 0 aliphatic heterocycles. The molecule has 0 saturated heterocycles. The summed E-state index contributed by atoms with van der Waals surface area (Å²) in [6.45, 7) is 4.39. The van der Waals surface area contributed by atoms with Gasteiger partial charge in [-0.05, 0) is 18.6 Å². The minimum Gasteiger partial charge on any atom is -0.340 e. The van der Waals surface area contributed by atoms with Gasteiger partial charge < -0.3 is 9.09 Å². The minimum atomic E-state index is 0.535. The lowest BCUT2D eigenvalue weighted by Crippen LogP contribution is -2.07. The number of halogens is 1. The van der Waals surface area contributed by atoms with Crippen molar-refractivity contribution in [1.29, 1.82) is 0 Å². The Kier molecular flexibility index (Phi) is 3.44. The summed E-state index contributed by atoms with van der Waals surface area (Å²) in [5.41, 5.74) is 3.24. The van der Waals surface area contributed by atoms with E-state index in [1.807, 2.05) is 6.07 Å². The van der Waals surface area contributed by atoms with Crippen LogP contribution in [0.1, 0.15) is 23.1 Å². The maximum absolute atomic E-state index is 5.88. The van der Waals surface area contributed by atoms with E-state index in [0.717, 1.165) is 22.4 Å². The molecule has 0 radical (unpaired) electrons. The summed E-state index contributed by atoms with van der Waals surface area (Å²) >= 11 is 5.88. The van der Waals surface area contributed by atoms with E-state index in [-0.39, 0.29) is 0 Å². The molecule has 20 heavy (non-hydrogen) atoms. The molecular formula is C14H15ClN4O. The third-order valence-corrected chi connectivity index (χ3v) is 3.44. The Morgan fingerprint density at radius 3 is 2.80 bits per heavy atom. The third kappa shape index (κ3) is 2.29. The second-order valence-corrected chi connectivity index (χ2v) is 5.10. The number of aryl methyl sites for hydroxylation is 3. The first-order chi connectivity index (χ1) is 9.69. The fourth-order valence-corrected chi connectivity index (χ4v) is 2.50. The van der Waals surface area contributed by atoms with Gasteiger partial charge in [-0.15, -0.1) is 11.6 Å². The van der Waals surface area contributed by atoms with Crippen LogP contribution < -0.4 is 0 Å². The molecule has 6 heteroatoms. The molecule has 0 amide bonds. The van der Waals surface area contributed by atoms with Gasteiger partial charge in [0.05, 0.1) is 17.6 Å². The van der Waals surface area contributed by atoms with Gasteiger partial charge in [0, 0.05) is 19.2 Å². The van der Waals surface area contributed by atoms with Crippen molar-refractivity contribution in [2.24, 2.45) is 0 Å². The first-order valence-corrected chi connectivity index (χ1v) is 7.02. The third-order valence-electron chi connectivity index (χ3n) is 3.25. The molecule has 0 unspecified atom stereocenters. The van der Waals surface area contributed by atoms with Gasteiger partial charge in [-0.25, -0.2) is 4.98 Å². The van der Waals surface area contributed by atoms with Crippen molar-refractivity contribution in [2.45, 2.75) is 26.8 Å². The lowest BCUT2D eigenvalue weighted by Gasteiger charge is -2.05. The molecular weight excluding hydrogens is 276 g/mol. The maximum Gasteiger partial charge on any atom is 0.223 e. The molecule has 0 aliphatic rings. The van der Waals surface area contributed by atoms with Crippen LogP contribution in [0.25, 0.3) is 11.0 Å². The highest BCUT2D eigenvalue weighted by molar-refractivity contribution is 6.17. The number of alkyl halides is 1. The van der Waals surface area contributed by atoms with Gasteiger partial charge in [-0.1, -0.05) is 17.3 Å². The topological polar surface area (TPSA) is 56.7 Å². The van der Waals surface area contributed by atoms with E-state index in [0.29, 0.717) is 30.6 Å². The van der Waals surface area contributed by atoms with Gasteiger partial charge >= 0.3 is 0 Å². The molecule has 0 N–H and O–H groups in total. The smallest absolute Gasteiger partial charge is 0.223 e. The second-order valence-electron chi connectivity index (χ2n) is 4.73. The van der Waals surface area contributed by atoms with Crippen LogP contribution in [0.3, 0.4) is 0 Å². The average molecular weight is 291 g/mol. The zero-order chi connectivity index (χ0) is 14.1. The van der Waals surface area contributed by atoms with Crippen LogP contribution >= 0.6 is 11.6 Å². The van der Waals surface area contributed by atoms with E-state index in [1.54, 1.807) is 6.92 Å². The molecule has 2 aromatic heterocycles. The second kappa shape index (κ2) is 5.25. The van der Waals surface area contributed by atoms with Crippen LogP contribution in [0, 0.1) is 13.8 Å². The zero-order valence-corrected chi connectivity index (χ0v) is 12.2. The Bertz CT molecular complexity index is 747. The van der Waals surface area contributed by atoms with Gasteiger partial charge in [-0.2, -0.15) is 4.98 Å². The van der Waals surface area contributed by atoms with Crippen molar-refractivity contribution in [3.63, 3.8) is 0 Å². The number of nitrogens with zero attached hydrogens (tertiary/aromatic N) is 4. The van der Waals surface area contributed by atoms with Gasteiger partial charge in [-0.3, -0.25) is 0 Å². The molecule has 3 rings (SSSR count). The van der Waals surface area contributed by atoms with E-state index < -0.39 is 0 Å². The fraction of sp³-hybridized carbons (Fsp3) is 0.357. The van der Waals surface area contributed by atoms with Crippen molar-refractivity contribution in [3.8, 4) is 0 Å². The van der Waals surface area contributed by atoms with E-state index in [9.17, 15) is 0 Å². The highest BCUT2D eigenvalue weighted by Gasteiger charge is 2.14. The number of para-hydroxylation sites is 1. The summed E-state index contributed by atoms with van der Waals surface area (Å²) < 4.78 is 7.13. The number of benzene rings is 1. The Hall–Kier alpha value is -1.88. The van der Waals surface area contributed by atoms with Crippen LogP contribution in [0.5, 0.6) is 0 Å². The van der Waals surface area contributed by atoms with Crippen molar-refractivity contribution in [1.82, 2.24) is 19.7 Å². The molecule has 5 nitrogen and oxygen atoms in total. The molecule has 2 heterocycles. The van der Waals surface area contributed by atoms with Crippen LogP contribution in [0.4, 0.5) is 0 Å². The normalized spacial score (nSPS) is 11.3. The van der Waals surface area contributed by atoms with Crippen molar-refractivity contribution in [2.75, 3.05) is 5.88 Å². The summed E-state index contributed by atoms with van der Waals surface area (Å²) in [5, 5.41) is 3.95. The highest BCUT2D eigenvalue weighted by Crippen LogP contribution is 2.21. The predicted octanol–water partition coefficient (Wildman–Crippen LogP) is 2.87. The number of rotatable bonds is 4. The fourth-order valence-electron chi connectivity index (χ4n) is 2.33. The van der Waals surface area contributed by atoms with Crippen LogP contribution in [-0.2, 0) is 13.0 Å². The van der Waals surface area contributed by atoms with Crippen molar-refractivity contribution in [3.05, 3.63) is 41.3 Å². The van der Waals surface area contributed by atoms with E-state index in [1.165, 1.54) is 0 Å². The van der Waals surface area contributed by atoms with Gasteiger partial charge in [0.25, 0.3) is 0 Å². The van der Waals surface area contributed by atoms with Crippen LogP contribution in [0.2, 0.25) is 0 Å². The highest BCUT2D eigenvalue weighted by atomic mass is 35.5. The zero-order valence-electron chi connectivity index (χ0n) is 11.4. The van der Waals surface area contributed by atoms with E-state index in [4.69, 9.17) is 21.1 Å². The van der Waals surface area contributed by atoms with Crippen molar-refractivity contribution < 1.29 is 4.52 Å². The van der Waals surface area contributed by atoms with E-state index >= 15 is 0 Å². The van der Waals surface area contributed by atoms with Crippen LogP contribution in [0.15, 0.2) is 22.7 Å². The molecule has 0 atom stereocenters. The number of imidazole rings is 1. The molecule has 104 valence electrons. The van der Waals surface area contributed by atoms with Gasteiger partial charge in [0.2, 0.25) is 5.89 Å². The summed E-state index contributed by atoms with van der Waals surface area (Å²) in [6.07, 6.45) is 0.715. The molecule has 0 fully saturated rings. The first-order valence-electron chi connectivity index (χ1n) is 6.49. The molecule has 0 saturated carbocycles. The first kappa shape index (κ1) is 13.1.